The highest BCUT2D eigenvalue weighted by molar-refractivity contribution is 5.91. The van der Waals surface area contributed by atoms with Crippen molar-refractivity contribution in [2.24, 2.45) is 5.41 Å². The van der Waals surface area contributed by atoms with E-state index in [1.165, 1.54) is 7.11 Å². The highest BCUT2D eigenvalue weighted by atomic mass is 16.5. The molecule has 1 aromatic carbocycles. The largest absolute Gasteiger partial charge is 0.495 e. The van der Waals surface area contributed by atoms with Crippen molar-refractivity contribution < 1.29 is 19.4 Å². The van der Waals surface area contributed by atoms with Crippen LogP contribution in [0.25, 0.3) is 0 Å². The summed E-state index contributed by atoms with van der Waals surface area (Å²) in [4.78, 5) is 22.8. The van der Waals surface area contributed by atoms with Gasteiger partial charge in [0, 0.05) is 6.54 Å². The van der Waals surface area contributed by atoms with Crippen molar-refractivity contribution in [2.75, 3.05) is 19.0 Å². The van der Waals surface area contributed by atoms with E-state index in [0.29, 0.717) is 24.3 Å². The number of ether oxygens (including phenoxy) is 1. The predicted octanol–water partition coefficient (Wildman–Crippen LogP) is 1.99. The van der Waals surface area contributed by atoms with Crippen LogP contribution >= 0.6 is 0 Å². The van der Waals surface area contributed by atoms with Crippen LogP contribution in [0.1, 0.15) is 18.4 Å². The second kappa shape index (κ2) is 5.40. The highest BCUT2D eigenvalue weighted by Gasteiger charge is 2.50. The lowest BCUT2D eigenvalue weighted by Crippen LogP contribution is -2.36. The lowest BCUT2D eigenvalue weighted by molar-refractivity contribution is -0.143. The molecule has 0 saturated heterocycles. The normalized spacial score (nSPS) is 15.3. The molecule has 2 rings (SSSR count). The van der Waals surface area contributed by atoms with Crippen molar-refractivity contribution in [1.82, 2.24) is 5.32 Å². The lowest BCUT2D eigenvalue weighted by Gasteiger charge is -2.14. The van der Waals surface area contributed by atoms with Crippen LogP contribution in [-0.2, 0) is 4.79 Å². The molecule has 6 nitrogen and oxygen atoms in total. The Bertz CT molecular complexity index is 538. The highest BCUT2D eigenvalue weighted by Crippen LogP contribution is 2.45. The van der Waals surface area contributed by atoms with Crippen LogP contribution < -0.4 is 15.4 Å². The number of rotatable bonds is 5. The van der Waals surface area contributed by atoms with Gasteiger partial charge in [0.05, 0.1) is 18.2 Å². The molecule has 1 aliphatic carbocycles. The molecule has 0 atom stereocenters. The van der Waals surface area contributed by atoms with Crippen molar-refractivity contribution in [3.63, 3.8) is 0 Å². The molecule has 20 heavy (non-hydrogen) atoms. The minimum absolute atomic E-state index is 0.141. The molecule has 0 aliphatic heterocycles. The Hall–Kier alpha value is -2.24. The Morgan fingerprint density at radius 3 is 2.65 bits per heavy atom. The van der Waals surface area contributed by atoms with Crippen LogP contribution in [-0.4, -0.2) is 30.8 Å². The molecule has 6 heteroatoms. The second-order valence-corrected chi connectivity index (χ2v) is 5.10. The van der Waals surface area contributed by atoms with E-state index in [4.69, 9.17) is 9.84 Å². The molecular weight excluding hydrogens is 260 g/mol. The zero-order valence-corrected chi connectivity index (χ0v) is 11.5. The Kier molecular flexibility index (Phi) is 3.83. The summed E-state index contributed by atoms with van der Waals surface area (Å²) in [6, 6.07) is 5.01. The molecular formula is C14H18N2O4. The fraction of sp³-hybridized carbons (Fsp3) is 0.429. The monoisotopic (exact) mass is 278 g/mol. The molecule has 0 spiro atoms. The Morgan fingerprint density at radius 1 is 1.40 bits per heavy atom. The third-order valence-corrected chi connectivity index (χ3v) is 3.50. The van der Waals surface area contributed by atoms with Gasteiger partial charge in [-0.05, 0) is 37.5 Å². The molecule has 1 fully saturated rings. The van der Waals surface area contributed by atoms with Crippen LogP contribution in [0.5, 0.6) is 5.75 Å². The fourth-order valence-corrected chi connectivity index (χ4v) is 1.95. The summed E-state index contributed by atoms with van der Waals surface area (Å²) >= 11 is 0. The van der Waals surface area contributed by atoms with Crippen molar-refractivity contribution in [3.05, 3.63) is 23.8 Å². The van der Waals surface area contributed by atoms with E-state index < -0.39 is 17.4 Å². The first kappa shape index (κ1) is 14.2. The third kappa shape index (κ3) is 3.01. The van der Waals surface area contributed by atoms with Gasteiger partial charge < -0.3 is 20.5 Å². The summed E-state index contributed by atoms with van der Waals surface area (Å²) in [5.74, 6) is -0.295. The maximum Gasteiger partial charge on any atom is 0.319 e. The Morgan fingerprint density at radius 2 is 2.10 bits per heavy atom. The molecule has 1 saturated carbocycles. The number of benzene rings is 1. The van der Waals surface area contributed by atoms with Crippen molar-refractivity contribution >= 4 is 17.7 Å². The minimum Gasteiger partial charge on any atom is -0.495 e. The van der Waals surface area contributed by atoms with E-state index in [0.717, 1.165) is 5.56 Å². The van der Waals surface area contributed by atoms with E-state index in [1.807, 2.05) is 13.0 Å². The number of amides is 2. The van der Waals surface area contributed by atoms with Gasteiger partial charge in [0.15, 0.2) is 0 Å². The van der Waals surface area contributed by atoms with E-state index in [2.05, 4.69) is 10.6 Å². The summed E-state index contributed by atoms with van der Waals surface area (Å²) in [5, 5.41) is 14.3. The number of carboxylic acid groups (broad SMARTS) is 1. The molecule has 0 heterocycles. The number of anilines is 1. The van der Waals surface area contributed by atoms with Crippen molar-refractivity contribution in [3.8, 4) is 5.75 Å². The minimum atomic E-state index is -0.856. The molecule has 108 valence electrons. The number of aryl methyl sites for hydroxylation is 1. The topological polar surface area (TPSA) is 87.7 Å². The molecule has 0 unspecified atom stereocenters. The summed E-state index contributed by atoms with van der Waals surface area (Å²) in [6.45, 7) is 2.05. The van der Waals surface area contributed by atoms with Crippen LogP contribution in [0.3, 0.4) is 0 Å². The van der Waals surface area contributed by atoms with Gasteiger partial charge in [-0.25, -0.2) is 4.79 Å². The van der Waals surface area contributed by atoms with Crippen molar-refractivity contribution in [1.29, 1.82) is 0 Å². The number of carbonyl (C=O) groups is 2. The van der Waals surface area contributed by atoms with E-state index in [-0.39, 0.29) is 6.54 Å². The van der Waals surface area contributed by atoms with Gasteiger partial charge in [-0.1, -0.05) is 6.07 Å². The van der Waals surface area contributed by atoms with E-state index in [1.54, 1.807) is 12.1 Å². The number of methoxy groups -OCH3 is 1. The summed E-state index contributed by atoms with van der Waals surface area (Å²) < 4.78 is 5.16. The molecule has 0 bridgehead atoms. The average Bonchev–Trinajstić information content (AvgIpc) is 3.18. The van der Waals surface area contributed by atoms with Crippen LogP contribution in [0, 0.1) is 12.3 Å². The van der Waals surface area contributed by atoms with E-state index in [9.17, 15) is 9.59 Å². The SMILES string of the molecule is COc1ccc(C)cc1NC(=O)NCC1(C(=O)O)CC1. The van der Waals surface area contributed by atoms with Gasteiger partial charge >= 0.3 is 12.0 Å². The summed E-state index contributed by atoms with van der Waals surface area (Å²) in [5.41, 5.74) is 0.782. The second-order valence-electron chi connectivity index (χ2n) is 5.10. The molecule has 1 aromatic rings. The van der Waals surface area contributed by atoms with Gasteiger partial charge in [0.1, 0.15) is 5.75 Å². The lowest BCUT2D eigenvalue weighted by atomic mass is 10.1. The van der Waals surface area contributed by atoms with Crippen LogP contribution in [0.4, 0.5) is 10.5 Å². The number of hydrogen-bond acceptors (Lipinski definition) is 3. The van der Waals surface area contributed by atoms with Gasteiger partial charge in [0.25, 0.3) is 0 Å². The maximum atomic E-state index is 11.8. The third-order valence-electron chi connectivity index (χ3n) is 3.50. The Balaban J connectivity index is 1.95. The predicted molar refractivity (Wildman–Crippen MR) is 74.1 cm³/mol. The first-order valence-corrected chi connectivity index (χ1v) is 6.40. The van der Waals surface area contributed by atoms with Crippen molar-refractivity contribution in [2.45, 2.75) is 19.8 Å². The smallest absolute Gasteiger partial charge is 0.319 e. The number of carboxylic acids is 1. The number of carbonyl (C=O) groups excluding carboxylic acids is 1. The maximum absolute atomic E-state index is 11.8. The van der Waals surface area contributed by atoms with Gasteiger partial charge in [-0.3, -0.25) is 4.79 Å². The number of urea groups is 1. The average molecular weight is 278 g/mol. The Labute approximate surface area is 117 Å². The first-order valence-electron chi connectivity index (χ1n) is 6.40. The first-order chi connectivity index (χ1) is 9.47. The van der Waals surface area contributed by atoms with Gasteiger partial charge in [0.2, 0.25) is 0 Å². The number of hydrogen-bond donors (Lipinski definition) is 3. The van der Waals surface area contributed by atoms with Gasteiger partial charge in [-0.2, -0.15) is 0 Å². The number of aliphatic carboxylic acids is 1. The molecule has 1 aliphatic rings. The quantitative estimate of drug-likeness (QED) is 0.768. The zero-order chi connectivity index (χ0) is 14.8. The standard InChI is InChI=1S/C14H18N2O4/c1-9-3-4-11(20-2)10(7-9)16-13(19)15-8-14(5-6-14)12(17)18/h3-4,7H,5-6,8H2,1-2H3,(H,17,18)(H2,15,16,19). The zero-order valence-electron chi connectivity index (χ0n) is 11.5. The molecule has 2 amide bonds. The van der Waals surface area contributed by atoms with Gasteiger partial charge in [-0.15, -0.1) is 0 Å². The van der Waals surface area contributed by atoms with Crippen LogP contribution in [0.2, 0.25) is 0 Å². The van der Waals surface area contributed by atoms with E-state index >= 15 is 0 Å². The summed E-state index contributed by atoms with van der Waals surface area (Å²) in [7, 11) is 1.53. The fourth-order valence-electron chi connectivity index (χ4n) is 1.95. The summed E-state index contributed by atoms with van der Waals surface area (Å²) in [6.07, 6.45) is 1.22. The molecule has 0 aromatic heterocycles. The molecule has 3 N–H and O–H groups in total. The number of nitrogens with one attached hydrogen (secondary N) is 2. The molecule has 0 radical (unpaired) electrons. The van der Waals surface area contributed by atoms with Crippen LogP contribution in [0.15, 0.2) is 18.2 Å².